The molecular weight excluding hydrogens is 388 g/mol. The highest BCUT2D eigenvalue weighted by atomic mass is 32.2. The summed E-state index contributed by atoms with van der Waals surface area (Å²) in [5.74, 6) is 2.38. The molecule has 4 rings (SSSR count). The molecular formula is C21H30N4OS2. The maximum Gasteiger partial charge on any atom is 0.233 e. The highest BCUT2D eigenvalue weighted by Crippen LogP contribution is 2.33. The topological polar surface area (TPSA) is 51.0 Å². The van der Waals surface area contributed by atoms with Gasteiger partial charge in [0.2, 0.25) is 5.91 Å². The van der Waals surface area contributed by atoms with Crippen molar-refractivity contribution in [3.63, 3.8) is 0 Å². The summed E-state index contributed by atoms with van der Waals surface area (Å²) in [6.45, 7) is 4.05. The number of hydrogen-bond acceptors (Lipinski definition) is 5. The van der Waals surface area contributed by atoms with Gasteiger partial charge in [0.1, 0.15) is 5.82 Å². The van der Waals surface area contributed by atoms with Crippen LogP contribution < -0.4 is 0 Å². The molecule has 7 heteroatoms. The van der Waals surface area contributed by atoms with E-state index in [-0.39, 0.29) is 5.91 Å². The van der Waals surface area contributed by atoms with Crippen molar-refractivity contribution in [1.82, 2.24) is 19.7 Å². The van der Waals surface area contributed by atoms with Gasteiger partial charge in [-0.2, -0.15) is 0 Å². The van der Waals surface area contributed by atoms with Gasteiger partial charge in [-0.15, -0.1) is 21.5 Å². The molecule has 0 N–H and O–H groups in total. The van der Waals surface area contributed by atoms with Crippen LogP contribution in [-0.4, -0.2) is 44.4 Å². The fourth-order valence-electron chi connectivity index (χ4n) is 4.43. The summed E-state index contributed by atoms with van der Waals surface area (Å²) in [5, 5.41) is 12.1. The van der Waals surface area contributed by atoms with Gasteiger partial charge < -0.3 is 9.47 Å². The summed E-state index contributed by atoms with van der Waals surface area (Å²) in [6.07, 6.45) is 9.46. The summed E-state index contributed by atoms with van der Waals surface area (Å²) < 4.78 is 2.36. The SMILES string of the molecule is C[C@H]1CCCN(C(=O)CSc2nnc(Cc3cccs3)n2C2CCCCC2)C1. The van der Waals surface area contributed by atoms with Crippen LogP contribution in [0.3, 0.4) is 0 Å². The van der Waals surface area contributed by atoms with Crippen molar-refractivity contribution >= 4 is 29.0 Å². The number of carbonyl (C=O) groups is 1. The summed E-state index contributed by atoms with van der Waals surface area (Å²) in [7, 11) is 0. The fraction of sp³-hybridized carbons (Fsp3) is 0.667. The summed E-state index contributed by atoms with van der Waals surface area (Å²) in [6, 6.07) is 4.74. The number of amides is 1. The standard InChI is InChI=1S/C21H30N4OS2/c1-16-7-5-11-24(14-16)20(26)15-28-21-23-22-19(13-18-10-6-12-27-18)25(21)17-8-3-2-4-9-17/h6,10,12,16-17H,2-5,7-9,11,13-15H2,1H3/t16-/m0/s1. The largest absolute Gasteiger partial charge is 0.342 e. The molecule has 3 heterocycles. The van der Waals surface area contributed by atoms with Crippen LogP contribution in [0.1, 0.15) is 68.6 Å². The van der Waals surface area contributed by atoms with E-state index in [1.807, 2.05) is 4.90 Å². The predicted octanol–water partition coefficient (Wildman–Crippen LogP) is 4.79. The van der Waals surface area contributed by atoms with Crippen molar-refractivity contribution in [2.45, 2.75) is 69.5 Å². The lowest BCUT2D eigenvalue weighted by molar-refractivity contribution is -0.130. The number of aromatic nitrogens is 3. The molecule has 2 aromatic heterocycles. The van der Waals surface area contributed by atoms with Crippen LogP contribution in [-0.2, 0) is 11.2 Å². The van der Waals surface area contributed by atoms with Crippen LogP contribution in [0.5, 0.6) is 0 Å². The van der Waals surface area contributed by atoms with Crippen molar-refractivity contribution < 1.29 is 4.79 Å². The van der Waals surface area contributed by atoms with Gasteiger partial charge in [0.25, 0.3) is 0 Å². The Balaban J connectivity index is 1.47. The van der Waals surface area contributed by atoms with Gasteiger partial charge in [-0.3, -0.25) is 4.79 Å². The number of piperidine rings is 1. The Bertz CT molecular complexity index is 767. The average Bonchev–Trinajstić information content (AvgIpc) is 3.37. The van der Waals surface area contributed by atoms with E-state index in [2.05, 4.69) is 39.2 Å². The lowest BCUT2D eigenvalue weighted by Gasteiger charge is -2.31. The lowest BCUT2D eigenvalue weighted by Crippen LogP contribution is -2.40. The number of thioether (sulfide) groups is 1. The second-order valence-electron chi connectivity index (χ2n) is 8.19. The van der Waals surface area contributed by atoms with E-state index >= 15 is 0 Å². The van der Waals surface area contributed by atoms with Gasteiger partial charge in [0.15, 0.2) is 5.16 Å². The fourth-order valence-corrected chi connectivity index (χ4v) is 6.06. The lowest BCUT2D eigenvalue weighted by atomic mass is 9.95. The monoisotopic (exact) mass is 418 g/mol. The molecule has 2 aliphatic rings. The van der Waals surface area contributed by atoms with E-state index in [9.17, 15) is 4.79 Å². The van der Waals surface area contributed by atoms with Gasteiger partial charge in [-0.25, -0.2) is 0 Å². The smallest absolute Gasteiger partial charge is 0.233 e. The Morgan fingerprint density at radius 1 is 1.21 bits per heavy atom. The maximum atomic E-state index is 12.7. The third-order valence-electron chi connectivity index (χ3n) is 5.92. The third-order valence-corrected chi connectivity index (χ3v) is 7.73. The van der Waals surface area contributed by atoms with Crippen molar-refractivity contribution in [3.8, 4) is 0 Å². The number of carbonyl (C=O) groups excluding carboxylic acids is 1. The number of hydrogen-bond donors (Lipinski definition) is 0. The Morgan fingerprint density at radius 3 is 2.82 bits per heavy atom. The summed E-state index contributed by atoms with van der Waals surface area (Å²) in [5.41, 5.74) is 0. The zero-order chi connectivity index (χ0) is 19.3. The minimum absolute atomic E-state index is 0.245. The van der Waals surface area contributed by atoms with Gasteiger partial charge >= 0.3 is 0 Å². The molecule has 0 spiro atoms. The first-order valence-electron chi connectivity index (χ1n) is 10.6. The van der Waals surface area contributed by atoms with Gasteiger partial charge in [-0.05, 0) is 43.0 Å². The van der Waals surface area contributed by atoms with E-state index in [0.717, 1.165) is 36.9 Å². The molecule has 1 atom stereocenters. The van der Waals surface area contributed by atoms with Crippen molar-refractivity contribution in [1.29, 1.82) is 0 Å². The van der Waals surface area contributed by atoms with E-state index < -0.39 is 0 Å². The quantitative estimate of drug-likeness (QED) is 0.633. The Kier molecular flexibility index (Phi) is 6.73. The molecule has 0 bridgehead atoms. The minimum atomic E-state index is 0.245. The van der Waals surface area contributed by atoms with Gasteiger partial charge in [0, 0.05) is 30.4 Å². The molecule has 152 valence electrons. The van der Waals surface area contributed by atoms with E-state index in [4.69, 9.17) is 0 Å². The van der Waals surface area contributed by atoms with Crippen LogP contribution in [0.15, 0.2) is 22.7 Å². The number of likely N-dealkylation sites (tertiary alicyclic amines) is 1. The average molecular weight is 419 g/mol. The van der Waals surface area contributed by atoms with E-state index in [0.29, 0.717) is 17.7 Å². The predicted molar refractivity (Wildman–Crippen MR) is 115 cm³/mol. The Labute approximate surface area is 175 Å². The Hall–Kier alpha value is -1.34. The van der Waals surface area contributed by atoms with Crippen molar-refractivity contribution in [2.75, 3.05) is 18.8 Å². The van der Waals surface area contributed by atoms with Crippen molar-refractivity contribution in [2.24, 2.45) is 5.92 Å². The zero-order valence-corrected chi connectivity index (χ0v) is 18.3. The van der Waals surface area contributed by atoms with Gasteiger partial charge in [0.05, 0.1) is 5.75 Å². The molecule has 1 aliphatic carbocycles. The maximum absolute atomic E-state index is 12.7. The van der Waals surface area contributed by atoms with Crippen LogP contribution in [0.25, 0.3) is 0 Å². The first kappa shape index (κ1) is 20.0. The number of rotatable bonds is 6. The summed E-state index contributed by atoms with van der Waals surface area (Å²) >= 11 is 3.35. The molecule has 2 aromatic rings. The highest BCUT2D eigenvalue weighted by molar-refractivity contribution is 7.99. The molecule has 1 saturated carbocycles. The molecule has 1 amide bonds. The number of thiophene rings is 1. The van der Waals surface area contributed by atoms with Crippen LogP contribution in [0.2, 0.25) is 0 Å². The molecule has 1 aliphatic heterocycles. The molecule has 5 nitrogen and oxygen atoms in total. The van der Waals surface area contributed by atoms with Crippen LogP contribution in [0.4, 0.5) is 0 Å². The minimum Gasteiger partial charge on any atom is -0.342 e. The normalized spacial score (nSPS) is 21.2. The van der Waals surface area contributed by atoms with E-state index in [1.54, 1.807) is 23.1 Å². The number of nitrogens with zero attached hydrogens (tertiary/aromatic N) is 4. The molecule has 1 saturated heterocycles. The molecule has 0 unspecified atom stereocenters. The molecule has 2 fully saturated rings. The van der Waals surface area contributed by atoms with Crippen LogP contribution >= 0.6 is 23.1 Å². The third kappa shape index (κ3) is 4.79. The molecule has 0 radical (unpaired) electrons. The second kappa shape index (κ2) is 9.44. The van der Waals surface area contributed by atoms with Gasteiger partial charge in [-0.1, -0.05) is 44.0 Å². The summed E-state index contributed by atoms with van der Waals surface area (Å²) in [4.78, 5) is 16.1. The van der Waals surface area contributed by atoms with Crippen molar-refractivity contribution in [3.05, 3.63) is 28.2 Å². The second-order valence-corrected chi connectivity index (χ2v) is 10.2. The van der Waals surface area contributed by atoms with Crippen LogP contribution in [0, 0.1) is 5.92 Å². The molecule has 28 heavy (non-hydrogen) atoms. The zero-order valence-electron chi connectivity index (χ0n) is 16.7. The Morgan fingerprint density at radius 2 is 2.07 bits per heavy atom. The first-order valence-corrected chi connectivity index (χ1v) is 12.4. The molecule has 0 aromatic carbocycles. The van der Waals surface area contributed by atoms with E-state index in [1.165, 1.54) is 43.4 Å². The first-order chi connectivity index (χ1) is 13.7. The highest BCUT2D eigenvalue weighted by Gasteiger charge is 2.25.